The lowest BCUT2D eigenvalue weighted by Gasteiger charge is -2.20. The summed E-state index contributed by atoms with van der Waals surface area (Å²) in [6.45, 7) is 5.73. The first-order valence-corrected chi connectivity index (χ1v) is 7.10. The van der Waals surface area contributed by atoms with Crippen molar-refractivity contribution in [2.45, 2.75) is 26.9 Å². The highest BCUT2D eigenvalue weighted by atomic mass is 32.1. The zero-order valence-electron chi connectivity index (χ0n) is 12.1. The summed E-state index contributed by atoms with van der Waals surface area (Å²) < 4.78 is 1.92. The standard InChI is InChI=1S/C15H20N4S/c1-4-19-10-9-14(17-19)11-18(3)15(20)16-13-7-5-12(2)6-8-13/h5-10H,4,11H2,1-3H3,(H,16,20). The summed E-state index contributed by atoms with van der Waals surface area (Å²) in [6, 6.07) is 10.2. The molecular formula is C15H20N4S. The van der Waals surface area contributed by atoms with Crippen LogP contribution in [0.2, 0.25) is 0 Å². The number of nitrogens with zero attached hydrogens (tertiary/aromatic N) is 3. The van der Waals surface area contributed by atoms with E-state index in [1.165, 1.54) is 5.56 Å². The van der Waals surface area contributed by atoms with Crippen molar-refractivity contribution in [2.24, 2.45) is 0 Å². The molecule has 1 aromatic carbocycles. The van der Waals surface area contributed by atoms with Crippen molar-refractivity contribution in [1.82, 2.24) is 14.7 Å². The molecule has 0 atom stereocenters. The van der Waals surface area contributed by atoms with Gasteiger partial charge in [-0.2, -0.15) is 5.10 Å². The van der Waals surface area contributed by atoms with Gasteiger partial charge >= 0.3 is 0 Å². The zero-order chi connectivity index (χ0) is 14.5. The minimum Gasteiger partial charge on any atom is -0.346 e. The molecule has 0 bridgehead atoms. The minimum absolute atomic E-state index is 0.694. The number of aromatic nitrogens is 2. The number of benzene rings is 1. The molecule has 0 spiro atoms. The van der Waals surface area contributed by atoms with Gasteiger partial charge in [0.25, 0.3) is 0 Å². The Morgan fingerprint density at radius 1 is 1.30 bits per heavy atom. The SMILES string of the molecule is CCn1ccc(CN(C)C(=S)Nc2ccc(C)cc2)n1. The fourth-order valence-electron chi connectivity index (χ4n) is 1.83. The van der Waals surface area contributed by atoms with E-state index in [-0.39, 0.29) is 0 Å². The zero-order valence-corrected chi connectivity index (χ0v) is 12.9. The average Bonchev–Trinajstić information content (AvgIpc) is 2.89. The third-order valence-corrected chi connectivity index (χ3v) is 3.48. The predicted octanol–water partition coefficient (Wildman–Crippen LogP) is 3.04. The van der Waals surface area contributed by atoms with E-state index in [4.69, 9.17) is 12.2 Å². The Hall–Kier alpha value is -1.88. The van der Waals surface area contributed by atoms with Gasteiger partial charge in [0.15, 0.2) is 5.11 Å². The van der Waals surface area contributed by atoms with Crippen molar-refractivity contribution in [3.63, 3.8) is 0 Å². The van der Waals surface area contributed by atoms with E-state index >= 15 is 0 Å². The quantitative estimate of drug-likeness (QED) is 0.877. The summed E-state index contributed by atoms with van der Waals surface area (Å²) in [5.41, 5.74) is 3.26. The summed E-state index contributed by atoms with van der Waals surface area (Å²) in [6.07, 6.45) is 1.99. The van der Waals surface area contributed by atoms with Gasteiger partial charge in [0.2, 0.25) is 0 Å². The Morgan fingerprint density at radius 3 is 2.60 bits per heavy atom. The number of hydrogen-bond acceptors (Lipinski definition) is 2. The fourth-order valence-corrected chi connectivity index (χ4v) is 2.02. The maximum absolute atomic E-state index is 5.41. The van der Waals surface area contributed by atoms with E-state index in [1.807, 2.05) is 41.0 Å². The lowest BCUT2D eigenvalue weighted by molar-refractivity contribution is 0.492. The molecule has 4 nitrogen and oxygen atoms in total. The van der Waals surface area contributed by atoms with Crippen molar-refractivity contribution in [1.29, 1.82) is 0 Å². The van der Waals surface area contributed by atoms with E-state index in [1.54, 1.807) is 0 Å². The molecule has 5 heteroatoms. The molecule has 0 aliphatic carbocycles. The van der Waals surface area contributed by atoms with Gasteiger partial charge in [-0.05, 0) is 44.3 Å². The van der Waals surface area contributed by atoms with Crippen molar-refractivity contribution in [2.75, 3.05) is 12.4 Å². The fraction of sp³-hybridized carbons (Fsp3) is 0.333. The monoisotopic (exact) mass is 288 g/mol. The normalized spacial score (nSPS) is 10.3. The molecule has 2 rings (SSSR count). The van der Waals surface area contributed by atoms with Crippen LogP contribution in [0.15, 0.2) is 36.5 Å². The second kappa shape index (κ2) is 6.52. The summed E-state index contributed by atoms with van der Waals surface area (Å²) in [4.78, 5) is 1.98. The van der Waals surface area contributed by atoms with Crippen LogP contribution in [-0.4, -0.2) is 26.8 Å². The molecule has 0 amide bonds. The molecule has 0 saturated carbocycles. The molecule has 0 aliphatic heterocycles. The Morgan fingerprint density at radius 2 is 2.00 bits per heavy atom. The van der Waals surface area contributed by atoms with Crippen LogP contribution >= 0.6 is 12.2 Å². The Kier molecular flexibility index (Phi) is 4.74. The summed E-state index contributed by atoms with van der Waals surface area (Å²) in [5, 5.41) is 8.38. The smallest absolute Gasteiger partial charge is 0.173 e. The van der Waals surface area contributed by atoms with Gasteiger partial charge in [-0.3, -0.25) is 4.68 Å². The van der Waals surface area contributed by atoms with Crippen LogP contribution in [0.3, 0.4) is 0 Å². The lowest BCUT2D eigenvalue weighted by Crippen LogP contribution is -2.30. The van der Waals surface area contributed by atoms with Crippen molar-refractivity contribution >= 4 is 23.0 Å². The number of thiocarbonyl (C=S) groups is 1. The molecule has 20 heavy (non-hydrogen) atoms. The molecule has 0 fully saturated rings. The van der Waals surface area contributed by atoms with Crippen LogP contribution in [0.4, 0.5) is 5.69 Å². The second-order valence-corrected chi connectivity index (χ2v) is 5.20. The summed E-state index contributed by atoms with van der Waals surface area (Å²) in [5.74, 6) is 0. The first-order chi connectivity index (χ1) is 9.58. The van der Waals surface area contributed by atoms with Gasteiger partial charge < -0.3 is 10.2 Å². The molecule has 0 saturated heterocycles. The van der Waals surface area contributed by atoms with Gasteiger partial charge in [0.05, 0.1) is 12.2 Å². The van der Waals surface area contributed by atoms with Crippen LogP contribution in [0, 0.1) is 6.92 Å². The van der Waals surface area contributed by atoms with Gasteiger partial charge in [0, 0.05) is 25.5 Å². The van der Waals surface area contributed by atoms with Gasteiger partial charge in [-0.15, -0.1) is 0 Å². The number of hydrogen-bond donors (Lipinski definition) is 1. The molecule has 1 heterocycles. The molecule has 2 aromatic rings. The van der Waals surface area contributed by atoms with Gasteiger partial charge in [0.1, 0.15) is 0 Å². The molecule has 106 valence electrons. The van der Waals surface area contributed by atoms with Crippen LogP contribution in [-0.2, 0) is 13.1 Å². The minimum atomic E-state index is 0.694. The first kappa shape index (κ1) is 14.5. The Balaban J connectivity index is 1.93. The second-order valence-electron chi connectivity index (χ2n) is 4.82. The molecule has 0 unspecified atom stereocenters. The molecule has 1 aromatic heterocycles. The highest BCUT2D eigenvalue weighted by molar-refractivity contribution is 7.80. The highest BCUT2D eigenvalue weighted by Crippen LogP contribution is 2.10. The van der Waals surface area contributed by atoms with Crippen LogP contribution in [0.1, 0.15) is 18.2 Å². The van der Waals surface area contributed by atoms with Crippen LogP contribution < -0.4 is 5.32 Å². The van der Waals surface area contributed by atoms with E-state index in [2.05, 4.69) is 36.4 Å². The van der Waals surface area contributed by atoms with Gasteiger partial charge in [-0.1, -0.05) is 17.7 Å². The largest absolute Gasteiger partial charge is 0.346 e. The lowest BCUT2D eigenvalue weighted by atomic mass is 10.2. The van der Waals surface area contributed by atoms with Crippen molar-refractivity contribution < 1.29 is 0 Å². The number of aryl methyl sites for hydroxylation is 2. The van der Waals surface area contributed by atoms with Crippen LogP contribution in [0.25, 0.3) is 0 Å². The Bertz CT molecular complexity index is 574. The number of rotatable bonds is 4. The first-order valence-electron chi connectivity index (χ1n) is 6.69. The van der Waals surface area contributed by atoms with Crippen molar-refractivity contribution in [3.05, 3.63) is 47.8 Å². The third-order valence-electron chi connectivity index (χ3n) is 3.07. The Labute approximate surface area is 125 Å². The maximum Gasteiger partial charge on any atom is 0.173 e. The molecule has 1 N–H and O–H groups in total. The van der Waals surface area contributed by atoms with Gasteiger partial charge in [-0.25, -0.2) is 0 Å². The number of nitrogens with one attached hydrogen (secondary N) is 1. The summed E-state index contributed by atoms with van der Waals surface area (Å²) in [7, 11) is 1.97. The predicted molar refractivity (Wildman–Crippen MR) is 86.8 cm³/mol. The van der Waals surface area contributed by atoms with E-state index in [0.29, 0.717) is 11.7 Å². The van der Waals surface area contributed by atoms with E-state index in [9.17, 15) is 0 Å². The molecule has 0 radical (unpaired) electrons. The average molecular weight is 288 g/mol. The van der Waals surface area contributed by atoms with E-state index in [0.717, 1.165) is 17.9 Å². The maximum atomic E-state index is 5.41. The van der Waals surface area contributed by atoms with Crippen molar-refractivity contribution in [3.8, 4) is 0 Å². The molecule has 0 aliphatic rings. The highest BCUT2D eigenvalue weighted by Gasteiger charge is 2.07. The van der Waals surface area contributed by atoms with E-state index < -0.39 is 0 Å². The third kappa shape index (κ3) is 3.81. The molecular weight excluding hydrogens is 268 g/mol. The topological polar surface area (TPSA) is 33.1 Å². The number of anilines is 1. The summed E-state index contributed by atoms with van der Waals surface area (Å²) >= 11 is 5.41. The van der Waals surface area contributed by atoms with Crippen LogP contribution in [0.5, 0.6) is 0 Å².